The molecule has 2 heteroatoms. The molecule has 0 saturated heterocycles. The van der Waals surface area contributed by atoms with Crippen LogP contribution < -0.4 is 5.32 Å². The van der Waals surface area contributed by atoms with Gasteiger partial charge in [-0.05, 0) is 27.3 Å². The maximum absolute atomic E-state index is 8.81. The minimum Gasteiger partial charge on any atom is -0.393 e. The van der Waals surface area contributed by atoms with Crippen LogP contribution in [0.4, 0.5) is 0 Å². The average molecular weight is 117 g/mol. The predicted molar refractivity (Wildman–Crippen MR) is 34.8 cm³/mol. The van der Waals surface area contributed by atoms with E-state index in [0.29, 0.717) is 6.04 Å². The second-order valence-corrected chi connectivity index (χ2v) is 2.27. The molecule has 0 fully saturated rings. The molecular formula is C6H15NO. The zero-order valence-electron chi connectivity index (χ0n) is 5.81. The monoisotopic (exact) mass is 117 g/mol. The fraction of sp³-hybridized carbons (Fsp3) is 1.00. The van der Waals surface area contributed by atoms with E-state index in [1.165, 1.54) is 0 Å². The van der Waals surface area contributed by atoms with Gasteiger partial charge in [0.2, 0.25) is 0 Å². The molecular weight excluding hydrogens is 102 g/mol. The summed E-state index contributed by atoms with van der Waals surface area (Å²) < 4.78 is 0. The Labute approximate surface area is 50.9 Å². The molecule has 50 valence electrons. The summed E-state index contributed by atoms with van der Waals surface area (Å²) >= 11 is 0. The summed E-state index contributed by atoms with van der Waals surface area (Å²) in [5.74, 6) is 0. The lowest BCUT2D eigenvalue weighted by Crippen LogP contribution is -2.25. The van der Waals surface area contributed by atoms with Gasteiger partial charge < -0.3 is 10.4 Å². The lowest BCUT2D eigenvalue weighted by atomic mass is 10.2. The molecule has 0 aromatic carbocycles. The van der Waals surface area contributed by atoms with E-state index in [1.807, 2.05) is 14.0 Å². The molecule has 0 aromatic rings. The Hall–Kier alpha value is -0.0800. The number of hydrogen-bond donors (Lipinski definition) is 2. The minimum atomic E-state index is -0.183. The SMILES string of the molecule is CN[C@H](C)CC(C)O. The summed E-state index contributed by atoms with van der Waals surface area (Å²) in [6.45, 7) is 3.85. The molecule has 2 nitrogen and oxygen atoms in total. The summed E-state index contributed by atoms with van der Waals surface area (Å²) in [6.07, 6.45) is 0.647. The van der Waals surface area contributed by atoms with E-state index >= 15 is 0 Å². The third-order valence-electron chi connectivity index (χ3n) is 1.19. The van der Waals surface area contributed by atoms with E-state index in [-0.39, 0.29) is 6.10 Å². The fourth-order valence-corrected chi connectivity index (χ4v) is 0.630. The number of aliphatic hydroxyl groups is 1. The van der Waals surface area contributed by atoms with Crippen LogP contribution in [0, 0.1) is 0 Å². The van der Waals surface area contributed by atoms with Crippen LogP contribution in [0.5, 0.6) is 0 Å². The van der Waals surface area contributed by atoms with E-state index in [0.717, 1.165) is 6.42 Å². The van der Waals surface area contributed by atoms with Gasteiger partial charge in [0.05, 0.1) is 6.10 Å². The van der Waals surface area contributed by atoms with Crippen LogP contribution in [-0.4, -0.2) is 24.3 Å². The summed E-state index contributed by atoms with van der Waals surface area (Å²) in [6, 6.07) is 0.426. The van der Waals surface area contributed by atoms with Gasteiger partial charge in [-0.15, -0.1) is 0 Å². The Bertz CT molecular complexity index is 54.5. The lowest BCUT2D eigenvalue weighted by Gasteiger charge is -2.10. The van der Waals surface area contributed by atoms with Crippen LogP contribution in [-0.2, 0) is 0 Å². The first-order valence-corrected chi connectivity index (χ1v) is 3.02. The minimum absolute atomic E-state index is 0.183. The third kappa shape index (κ3) is 4.09. The van der Waals surface area contributed by atoms with Crippen LogP contribution in [0.25, 0.3) is 0 Å². The number of hydrogen-bond acceptors (Lipinski definition) is 2. The first kappa shape index (κ1) is 7.92. The average Bonchev–Trinajstić information content (AvgIpc) is 1.65. The molecule has 0 radical (unpaired) electrons. The van der Waals surface area contributed by atoms with Gasteiger partial charge in [0.25, 0.3) is 0 Å². The summed E-state index contributed by atoms with van der Waals surface area (Å²) in [5, 5.41) is 11.9. The Morgan fingerprint density at radius 1 is 1.50 bits per heavy atom. The van der Waals surface area contributed by atoms with Crippen molar-refractivity contribution in [2.24, 2.45) is 0 Å². The maximum Gasteiger partial charge on any atom is 0.0526 e. The van der Waals surface area contributed by atoms with Gasteiger partial charge in [-0.1, -0.05) is 0 Å². The highest BCUT2D eigenvalue weighted by Crippen LogP contribution is 1.93. The second-order valence-electron chi connectivity index (χ2n) is 2.27. The van der Waals surface area contributed by atoms with Crippen LogP contribution >= 0.6 is 0 Å². The van der Waals surface area contributed by atoms with Gasteiger partial charge in [0.1, 0.15) is 0 Å². The molecule has 2 atom stereocenters. The number of rotatable bonds is 3. The van der Waals surface area contributed by atoms with Crippen molar-refractivity contribution in [1.29, 1.82) is 0 Å². The quantitative estimate of drug-likeness (QED) is 0.559. The van der Waals surface area contributed by atoms with E-state index in [2.05, 4.69) is 5.32 Å². The summed E-state index contributed by atoms with van der Waals surface area (Å²) in [5.41, 5.74) is 0. The van der Waals surface area contributed by atoms with Gasteiger partial charge in [-0.2, -0.15) is 0 Å². The largest absolute Gasteiger partial charge is 0.393 e. The van der Waals surface area contributed by atoms with E-state index in [9.17, 15) is 0 Å². The van der Waals surface area contributed by atoms with Crippen molar-refractivity contribution >= 4 is 0 Å². The van der Waals surface area contributed by atoms with Gasteiger partial charge >= 0.3 is 0 Å². The number of nitrogens with one attached hydrogen (secondary N) is 1. The lowest BCUT2D eigenvalue weighted by molar-refractivity contribution is 0.172. The predicted octanol–water partition coefficient (Wildman–Crippen LogP) is 0.365. The van der Waals surface area contributed by atoms with E-state index in [4.69, 9.17) is 5.11 Å². The maximum atomic E-state index is 8.81. The highest BCUT2D eigenvalue weighted by atomic mass is 16.3. The van der Waals surface area contributed by atoms with Crippen molar-refractivity contribution in [3.63, 3.8) is 0 Å². The highest BCUT2D eigenvalue weighted by molar-refractivity contribution is 4.59. The zero-order valence-corrected chi connectivity index (χ0v) is 5.81. The fourth-order valence-electron chi connectivity index (χ4n) is 0.630. The molecule has 0 spiro atoms. The molecule has 0 aliphatic carbocycles. The molecule has 0 bridgehead atoms. The normalized spacial score (nSPS) is 18.0. The molecule has 8 heavy (non-hydrogen) atoms. The van der Waals surface area contributed by atoms with Crippen LogP contribution in [0.1, 0.15) is 20.3 Å². The standard InChI is InChI=1S/C6H15NO/c1-5(7-3)4-6(2)8/h5-8H,4H2,1-3H3/t5-,6?/m1/s1. The van der Waals surface area contributed by atoms with Crippen molar-refractivity contribution in [2.45, 2.75) is 32.4 Å². The molecule has 0 heterocycles. The smallest absolute Gasteiger partial charge is 0.0526 e. The van der Waals surface area contributed by atoms with Crippen LogP contribution in [0.15, 0.2) is 0 Å². The Kier molecular flexibility index (Phi) is 3.83. The zero-order chi connectivity index (χ0) is 6.57. The molecule has 0 rings (SSSR count). The summed E-state index contributed by atoms with van der Waals surface area (Å²) in [4.78, 5) is 0. The Balaban J connectivity index is 3.10. The van der Waals surface area contributed by atoms with Crippen molar-refractivity contribution in [3.8, 4) is 0 Å². The summed E-state index contributed by atoms with van der Waals surface area (Å²) in [7, 11) is 1.90. The second kappa shape index (κ2) is 3.87. The molecule has 0 aromatic heterocycles. The van der Waals surface area contributed by atoms with Gasteiger partial charge in [-0.3, -0.25) is 0 Å². The van der Waals surface area contributed by atoms with Gasteiger partial charge in [0.15, 0.2) is 0 Å². The van der Waals surface area contributed by atoms with Crippen molar-refractivity contribution in [3.05, 3.63) is 0 Å². The molecule has 1 unspecified atom stereocenters. The van der Waals surface area contributed by atoms with Crippen LogP contribution in [0.2, 0.25) is 0 Å². The topological polar surface area (TPSA) is 32.3 Å². The van der Waals surface area contributed by atoms with E-state index in [1.54, 1.807) is 6.92 Å². The molecule has 2 N–H and O–H groups in total. The first-order chi connectivity index (χ1) is 3.66. The van der Waals surface area contributed by atoms with Crippen molar-refractivity contribution in [1.82, 2.24) is 5.32 Å². The van der Waals surface area contributed by atoms with Gasteiger partial charge in [-0.25, -0.2) is 0 Å². The third-order valence-corrected chi connectivity index (χ3v) is 1.19. The van der Waals surface area contributed by atoms with Crippen LogP contribution in [0.3, 0.4) is 0 Å². The van der Waals surface area contributed by atoms with E-state index < -0.39 is 0 Å². The molecule has 0 aliphatic heterocycles. The Morgan fingerprint density at radius 2 is 2.00 bits per heavy atom. The number of aliphatic hydroxyl groups excluding tert-OH is 1. The molecule has 0 aliphatic rings. The highest BCUT2D eigenvalue weighted by Gasteiger charge is 2.00. The van der Waals surface area contributed by atoms with Crippen molar-refractivity contribution < 1.29 is 5.11 Å². The van der Waals surface area contributed by atoms with Crippen molar-refractivity contribution in [2.75, 3.05) is 7.05 Å². The Morgan fingerprint density at radius 3 is 2.12 bits per heavy atom. The first-order valence-electron chi connectivity index (χ1n) is 3.02. The molecule has 0 amide bonds. The van der Waals surface area contributed by atoms with Gasteiger partial charge in [0, 0.05) is 6.04 Å². The molecule has 0 saturated carbocycles.